The third-order valence-electron chi connectivity index (χ3n) is 3.89. The predicted molar refractivity (Wildman–Crippen MR) is 118 cm³/mol. The number of non-ortho nitro benzene ring substituents is 1. The molecule has 0 aliphatic rings. The molecule has 0 aliphatic heterocycles. The van der Waals surface area contributed by atoms with E-state index in [4.69, 9.17) is 11.6 Å². The van der Waals surface area contributed by atoms with Crippen LogP contribution in [0.15, 0.2) is 77.7 Å². The number of rotatable bonds is 7. The normalized spacial score (nSPS) is 10.3. The highest BCUT2D eigenvalue weighted by molar-refractivity contribution is 8.00. The van der Waals surface area contributed by atoms with Crippen molar-refractivity contribution in [3.05, 3.63) is 93.5 Å². The van der Waals surface area contributed by atoms with Gasteiger partial charge in [-0.15, -0.1) is 11.8 Å². The van der Waals surface area contributed by atoms with Crippen LogP contribution in [0.4, 0.5) is 17.1 Å². The van der Waals surface area contributed by atoms with Crippen molar-refractivity contribution < 1.29 is 14.5 Å². The molecule has 3 aromatic rings. The first-order valence-corrected chi connectivity index (χ1v) is 10.1. The van der Waals surface area contributed by atoms with Gasteiger partial charge in [0.2, 0.25) is 5.91 Å². The summed E-state index contributed by atoms with van der Waals surface area (Å²) in [4.78, 5) is 35.6. The number of thioether (sulfide) groups is 1. The van der Waals surface area contributed by atoms with Crippen LogP contribution in [0.25, 0.3) is 0 Å². The zero-order chi connectivity index (χ0) is 21.5. The minimum atomic E-state index is -0.553. The summed E-state index contributed by atoms with van der Waals surface area (Å²) in [6.45, 7) is 0. The Labute approximate surface area is 181 Å². The Kier molecular flexibility index (Phi) is 7.05. The van der Waals surface area contributed by atoms with Crippen LogP contribution >= 0.6 is 23.4 Å². The molecule has 7 nitrogen and oxygen atoms in total. The van der Waals surface area contributed by atoms with Gasteiger partial charge in [-0.1, -0.05) is 29.8 Å². The SMILES string of the molecule is O=C(CSc1cccc(NC(=O)c2cccc([N+](=O)[O-])c2)c1)Nc1cccc(Cl)c1. The van der Waals surface area contributed by atoms with Gasteiger partial charge in [0.15, 0.2) is 0 Å². The summed E-state index contributed by atoms with van der Waals surface area (Å²) in [6.07, 6.45) is 0. The fourth-order valence-electron chi connectivity index (χ4n) is 2.54. The summed E-state index contributed by atoms with van der Waals surface area (Å²) < 4.78 is 0. The molecule has 152 valence electrons. The molecule has 3 aromatic carbocycles. The summed E-state index contributed by atoms with van der Waals surface area (Å²) in [6, 6.07) is 19.4. The molecular formula is C21H16ClN3O4S. The van der Waals surface area contributed by atoms with Crippen molar-refractivity contribution in [2.24, 2.45) is 0 Å². The van der Waals surface area contributed by atoms with Crippen molar-refractivity contribution >= 4 is 52.2 Å². The number of benzene rings is 3. The van der Waals surface area contributed by atoms with Gasteiger partial charge >= 0.3 is 0 Å². The first-order valence-electron chi connectivity index (χ1n) is 8.75. The quantitative estimate of drug-likeness (QED) is 0.297. The number of halogens is 1. The predicted octanol–water partition coefficient (Wildman–Crippen LogP) is 5.23. The zero-order valence-corrected chi connectivity index (χ0v) is 17.1. The van der Waals surface area contributed by atoms with Gasteiger partial charge < -0.3 is 10.6 Å². The third kappa shape index (κ3) is 6.07. The Morgan fingerprint density at radius 3 is 2.37 bits per heavy atom. The van der Waals surface area contributed by atoms with E-state index in [-0.39, 0.29) is 22.9 Å². The van der Waals surface area contributed by atoms with E-state index in [2.05, 4.69) is 10.6 Å². The number of hydrogen-bond donors (Lipinski definition) is 2. The lowest BCUT2D eigenvalue weighted by Crippen LogP contribution is -2.14. The molecule has 2 N–H and O–H groups in total. The zero-order valence-electron chi connectivity index (χ0n) is 15.5. The molecule has 0 unspecified atom stereocenters. The fourth-order valence-corrected chi connectivity index (χ4v) is 3.49. The standard InChI is InChI=1S/C21H16ClN3O4S/c22-15-5-2-6-16(11-15)23-20(26)13-30-19-9-3-7-17(12-19)24-21(27)14-4-1-8-18(10-14)25(28)29/h1-12H,13H2,(H,23,26)(H,24,27). The van der Waals surface area contributed by atoms with E-state index in [1.165, 1.54) is 36.0 Å². The van der Waals surface area contributed by atoms with Crippen molar-refractivity contribution in [3.8, 4) is 0 Å². The molecule has 30 heavy (non-hydrogen) atoms. The van der Waals surface area contributed by atoms with Crippen LogP contribution in [-0.4, -0.2) is 22.5 Å². The van der Waals surface area contributed by atoms with Gasteiger partial charge in [-0.05, 0) is 42.5 Å². The summed E-state index contributed by atoms with van der Waals surface area (Å²) in [5.74, 6) is -0.470. The van der Waals surface area contributed by atoms with Crippen LogP contribution < -0.4 is 10.6 Å². The molecule has 0 fully saturated rings. The van der Waals surface area contributed by atoms with Crippen LogP contribution in [0.3, 0.4) is 0 Å². The highest BCUT2D eigenvalue weighted by Gasteiger charge is 2.12. The van der Waals surface area contributed by atoms with Crippen LogP contribution in [0.1, 0.15) is 10.4 Å². The minimum Gasteiger partial charge on any atom is -0.325 e. The summed E-state index contributed by atoms with van der Waals surface area (Å²) in [7, 11) is 0. The van der Waals surface area contributed by atoms with Gasteiger partial charge in [-0.25, -0.2) is 0 Å². The topological polar surface area (TPSA) is 101 Å². The molecule has 0 saturated carbocycles. The maximum absolute atomic E-state index is 12.4. The molecule has 0 radical (unpaired) electrons. The molecule has 0 saturated heterocycles. The molecule has 0 aliphatic carbocycles. The number of nitro benzene ring substituents is 1. The van der Waals surface area contributed by atoms with E-state index < -0.39 is 10.8 Å². The van der Waals surface area contributed by atoms with E-state index in [9.17, 15) is 19.7 Å². The molecule has 0 aromatic heterocycles. The van der Waals surface area contributed by atoms with Crippen LogP contribution in [-0.2, 0) is 4.79 Å². The van der Waals surface area contributed by atoms with Gasteiger partial charge in [-0.3, -0.25) is 19.7 Å². The number of nitrogens with zero attached hydrogens (tertiary/aromatic N) is 1. The van der Waals surface area contributed by atoms with Crippen molar-refractivity contribution in [2.75, 3.05) is 16.4 Å². The molecule has 3 rings (SSSR count). The molecule has 0 atom stereocenters. The average molecular weight is 442 g/mol. The molecular weight excluding hydrogens is 426 g/mol. The minimum absolute atomic E-state index is 0.155. The number of hydrogen-bond acceptors (Lipinski definition) is 5. The lowest BCUT2D eigenvalue weighted by atomic mass is 10.2. The maximum Gasteiger partial charge on any atom is 0.270 e. The second-order valence-electron chi connectivity index (χ2n) is 6.14. The molecule has 0 spiro atoms. The number of anilines is 2. The van der Waals surface area contributed by atoms with E-state index in [0.717, 1.165) is 4.90 Å². The number of nitro groups is 1. The lowest BCUT2D eigenvalue weighted by molar-refractivity contribution is -0.384. The van der Waals surface area contributed by atoms with Crippen molar-refractivity contribution in [2.45, 2.75) is 4.90 Å². The van der Waals surface area contributed by atoms with Crippen LogP contribution in [0, 0.1) is 10.1 Å². The number of amides is 2. The first kappa shape index (κ1) is 21.4. The summed E-state index contributed by atoms with van der Waals surface area (Å²) in [5.41, 5.74) is 1.17. The average Bonchev–Trinajstić information content (AvgIpc) is 2.72. The Morgan fingerprint density at radius 1 is 0.933 bits per heavy atom. The second-order valence-corrected chi connectivity index (χ2v) is 7.62. The number of nitrogens with one attached hydrogen (secondary N) is 2. The van der Waals surface area contributed by atoms with Crippen molar-refractivity contribution in [1.29, 1.82) is 0 Å². The molecule has 0 heterocycles. The van der Waals surface area contributed by atoms with E-state index in [1.807, 2.05) is 6.07 Å². The van der Waals surface area contributed by atoms with Gasteiger partial charge in [-0.2, -0.15) is 0 Å². The van der Waals surface area contributed by atoms with Crippen LogP contribution in [0.2, 0.25) is 5.02 Å². The highest BCUT2D eigenvalue weighted by Crippen LogP contribution is 2.23. The fraction of sp³-hybridized carbons (Fsp3) is 0.0476. The Morgan fingerprint density at radius 2 is 1.63 bits per heavy atom. The smallest absolute Gasteiger partial charge is 0.270 e. The Balaban J connectivity index is 1.59. The molecule has 2 amide bonds. The van der Waals surface area contributed by atoms with Gasteiger partial charge in [0, 0.05) is 39.0 Å². The van der Waals surface area contributed by atoms with E-state index in [1.54, 1.807) is 42.5 Å². The molecule has 0 bridgehead atoms. The van der Waals surface area contributed by atoms with Gasteiger partial charge in [0.25, 0.3) is 11.6 Å². The largest absolute Gasteiger partial charge is 0.325 e. The summed E-state index contributed by atoms with van der Waals surface area (Å²) in [5, 5.41) is 16.9. The van der Waals surface area contributed by atoms with E-state index in [0.29, 0.717) is 16.4 Å². The first-order chi connectivity index (χ1) is 14.4. The number of carbonyl (C=O) groups excluding carboxylic acids is 2. The van der Waals surface area contributed by atoms with Crippen molar-refractivity contribution in [3.63, 3.8) is 0 Å². The molecule has 9 heteroatoms. The van der Waals surface area contributed by atoms with Crippen LogP contribution in [0.5, 0.6) is 0 Å². The summed E-state index contributed by atoms with van der Waals surface area (Å²) >= 11 is 7.21. The van der Waals surface area contributed by atoms with Gasteiger partial charge in [0.1, 0.15) is 0 Å². The number of carbonyl (C=O) groups is 2. The van der Waals surface area contributed by atoms with E-state index >= 15 is 0 Å². The highest BCUT2D eigenvalue weighted by atomic mass is 35.5. The maximum atomic E-state index is 12.4. The van der Waals surface area contributed by atoms with Gasteiger partial charge in [0.05, 0.1) is 10.7 Å². The Bertz CT molecular complexity index is 1110. The Hall–Kier alpha value is -3.36. The monoisotopic (exact) mass is 441 g/mol. The van der Waals surface area contributed by atoms with Crippen molar-refractivity contribution in [1.82, 2.24) is 0 Å². The lowest BCUT2D eigenvalue weighted by Gasteiger charge is -2.08. The third-order valence-corrected chi connectivity index (χ3v) is 5.12. The second kappa shape index (κ2) is 9.91.